The van der Waals surface area contributed by atoms with E-state index in [4.69, 9.17) is 0 Å². The number of nitrogens with zero attached hydrogens (tertiary/aromatic N) is 2. The molecule has 0 fully saturated rings. The molecular weight excluding hydrogens is 354 g/mol. The molecule has 2 aromatic carbocycles. The highest BCUT2D eigenvalue weighted by Gasteiger charge is 2.34. The van der Waals surface area contributed by atoms with Gasteiger partial charge in [-0.1, -0.05) is 6.07 Å². The van der Waals surface area contributed by atoms with E-state index in [2.05, 4.69) is 9.52 Å². The van der Waals surface area contributed by atoms with E-state index in [-0.39, 0.29) is 0 Å². The first-order valence-corrected chi connectivity index (χ1v) is 6.60. The largest absolute Gasteiger partial charge is 0.442 e. The topological polar surface area (TPSA) is 48.0 Å². The standard InChI is InChI=1S/C15H6F6N2O2/c16-9-5-4-7(6-8(9)15(19,20)21)23-14(24)25-13(22-23)12-10(17)2-1-3-11(12)18/h1-6H. The van der Waals surface area contributed by atoms with Gasteiger partial charge in [0, 0.05) is 0 Å². The number of benzene rings is 2. The molecule has 10 heteroatoms. The second-order valence-electron chi connectivity index (χ2n) is 4.84. The number of halogens is 6. The van der Waals surface area contributed by atoms with Crippen LogP contribution in [0.1, 0.15) is 5.56 Å². The Balaban J connectivity index is 2.15. The van der Waals surface area contributed by atoms with Crippen molar-refractivity contribution in [3.63, 3.8) is 0 Å². The summed E-state index contributed by atoms with van der Waals surface area (Å²) in [5.41, 5.74) is -2.86. The molecule has 0 N–H and O–H groups in total. The molecule has 0 radical (unpaired) electrons. The minimum atomic E-state index is -5.01. The fourth-order valence-corrected chi connectivity index (χ4v) is 2.11. The zero-order chi connectivity index (χ0) is 18.4. The molecule has 0 aliphatic heterocycles. The molecule has 0 spiro atoms. The Morgan fingerprint density at radius 3 is 2.20 bits per heavy atom. The van der Waals surface area contributed by atoms with Gasteiger partial charge in [0.05, 0.1) is 11.3 Å². The number of alkyl halides is 3. The van der Waals surface area contributed by atoms with Crippen LogP contribution < -0.4 is 5.76 Å². The van der Waals surface area contributed by atoms with Crippen molar-refractivity contribution < 1.29 is 30.8 Å². The van der Waals surface area contributed by atoms with Gasteiger partial charge in [0.1, 0.15) is 23.0 Å². The summed E-state index contributed by atoms with van der Waals surface area (Å²) < 4.78 is 83.9. The SMILES string of the molecule is O=c1oc(-c2c(F)cccc2F)nn1-c1ccc(F)c(C(F)(F)F)c1. The van der Waals surface area contributed by atoms with E-state index in [0.29, 0.717) is 16.8 Å². The van der Waals surface area contributed by atoms with Crippen LogP contribution >= 0.6 is 0 Å². The van der Waals surface area contributed by atoms with E-state index in [1.165, 1.54) is 0 Å². The lowest BCUT2D eigenvalue weighted by Gasteiger charge is -2.09. The van der Waals surface area contributed by atoms with Gasteiger partial charge in [0.25, 0.3) is 5.89 Å². The maximum absolute atomic E-state index is 13.7. The fourth-order valence-electron chi connectivity index (χ4n) is 2.11. The van der Waals surface area contributed by atoms with Crippen LogP contribution in [0, 0.1) is 17.5 Å². The third-order valence-corrected chi connectivity index (χ3v) is 3.22. The minimum Gasteiger partial charge on any atom is -0.387 e. The van der Waals surface area contributed by atoms with Crippen LogP contribution in [0.3, 0.4) is 0 Å². The quantitative estimate of drug-likeness (QED) is 0.651. The number of aromatic nitrogens is 2. The van der Waals surface area contributed by atoms with E-state index < -0.39 is 52.1 Å². The van der Waals surface area contributed by atoms with Crippen LogP contribution in [0.15, 0.2) is 45.6 Å². The van der Waals surface area contributed by atoms with E-state index in [9.17, 15) is 31.1 Å². The molecule has 4 nitrogen and oxygen atoms in total. The van der Waals surface area contributed by atoms with Crippen molar-refractivity contribution in [2.24, 2.45) is 0 Å². The normalized spacial score (nSPS) is 11.8. The average molecular weight is 360 g/mol. The Labute approximate surface area is 134 Å². The van der Waals surface area contributed by atoms with Gasteiger partial charge in [0.2, 0.25) is 0 Å². The molecule has 0 unspecified atom stereocenters. The number of hydrogen-bond acceptors (Lipinski definition) is 3. The van der Waals surface area contributed by atoms with Gasteiger partial charge in [-0.25, -0.2) is 18.0 Å². The van der Waals surface area contributed by atoms with Gasteiger partial charge >= 0.3 is 11.9 Å². The predicted molar refractivity (Wildman–Crippen MR) is 72.4 cm³/mol. The molecule has 1 aromatic heterocycles. The third kappa shape index (κ3) is 3.02. The van der Waals surface area contributed by atoms with E-state index >= 15 is 0 Å². The molecule has 0 aliphatic rings. The first-order valence-electron chi connectivity index (χ1n) is 6.60. The summed E-state index contributed by atoms with van der Waals surface area (Å²) in [6, 6.07) is 4.51. The highest BCUT2D eigenvalue weighted by Crippen LogP contribution is 2.32. The second kappa shape index (κ2) is 5.80. The lowest BCUT2D eigenvalue weighted by atomic mass is 10.2. The summed E-state index contributed by atoms with van der Waals surface area (Å²) in [6.07, 6.45) is -5.01. The summed E-state index contributed by atoms with van der Waals surface area (Å²) in [7, 11) is 0. The Bertz CT molecular complexity index is 986. The molecule has 0 saturated heterocycles. The lowest BCUT2D eigenvalue weighted by Crippen LogP contribution is -2.16. The maximum atomic E-state index is 13.7. The van der Waals surface area contributed by atoms with Gasteiger partial charge in [-0.05, 0) is 30.3 Å². The Hall–Kier alpha value is -3.04. The van der Waals surface area contributed by atoms with Crippen molar-refractivity contribution in [3.8, 4) is 17.1 Å². The van der Waals surface area contributed by atoms with E-state index in [0.717, 1.165) is 24.3 Å². The zero-order valence-corrected chi connectivity index (χ0v) is 11.9. The first-order chi connectivity index (χ1) is 11.7. The van der Waals surface area contributed by atoms with Crippen LogP contribution in [-0.2, 0) is 6.18 Å². The van der Waals surface area contributed by atoms with Gasteiger partial charge in [-0.2, -0.15) is 17.9 Å². The molecule has 130 valence electrons. The molecule has 0 atom stereocenters. The maximum Gasteiger partial charge on any atom is 0.442 e. The van der Waals surface area contributed by atoms with Gasteiger partial charge in [-0.15, -0.1) is 5.10 Å². The molecule has 1 heterocycles. The monoisotopic (exact) mass is 360 g/mol. The molecule has 0 amide bonds. The molecule has 0 bridgehead atoms. The minimum absolute atomic E-state index is 0.334. The van der Waals surface area contributed by atoms with Crippen LogP contribution in [0.25, 0.3) is 17.1 Å². The Morgan fingerprint density at radius 2 is 1.60 bits per heavy atom. The van der Waals surface area contributed by atoms with Gasteiger partial charge in [-0.3, -0.25) is 0 Å². The van der Waals surface area contributed by atoms with Crippen molar-refractivity contribution in [2.75, 3.05) is 0 Å². The van der Waals surface area contributed by atoms with Crippen LogP contribution in [0.2, 0.25) is 0 Å². The van der Waals surface area contributed by atoms with Crippen molar-refractivity contribution in [1.29, 1.82) is 0 Å². The molecule has 3 aromatic rings. The molecule has 0 aliphatic carbocycles. The fraction of sp³-hybridized carbons (Fsp3) is 0.0667. The van der Waals surface area contributed by atoms with Gasteiger partial charge in [0.15, 0.2) is 0 Å². The summed E-state index contributed by atoms with van der Waals surface area (Å²) in [4.78, 5) is 11.8. The van der Waals surface area contributed by atoms with Crippen LogP contribution in [-0.4, -0.2) is 9.78 Å². The van der Waals surface area contributed by atoms with Crippen molar-refractivity contribution in [3.05, 3.63) is 70.0 Å². The predicted octanol–water partition coefficient (Wildman–Crippen LogP) is 3.93. The second-order valence-corrected chi connectivity index (χ2v) is 4.84. The number of rotatable bonds is 2. The summed E-state index contributed by atoms with van der Waals surface area (Å²) in [6.45, 7) is 0. The lowest BCUT2D eigenvalue weighted by molar-refractivity contribution is -0.140. The molecule has 25 heavy (non-hydrogen) atoms. The van der Waals surface area contributed by atoms with Gasteiger partial charge < -0.3 is 4.42 Å². The summed E-state index contributed by atoms with van der Waals surface area (Å²) in [5, 5.41) is 3.49. The summed E-state index contributed by atoms with van der Waals surface area (Å²) >= 11 is 0. The average Bonchev–Trinajstić information content (AvgIpc) is 2.88. The van der Waals surface area contributed by atoms with Crippen molar-refractivity contribution in [2.45, 2.75) is 6.18 Å². The Kier molecular flexibility index (Phi) is 3.90. The van der Waals surface area contributed by atoms with Crippen LogP contribution in [0.4, 0.5) is 26.3 Å². The number of hydrogen-bond donors (Lipinski definition) is 0. The van der Waals surface area contributed by atoms with E-state index in [1.54, 1.807) is 0 Å². The third-order valence-electron chi connectivity index (χ3n) is 3.22. The highest BCUT2D eigenvalue weighted by atomic mass is 19.4. The van der Waals surface area contributed by atoms with Crippen molar-refractivity contribution >= 4 is 0 Å². The highest BCUT2D eigenvalue weighted by molar-refractivity contribution is 5.54. The van der Waals surface area contributed by atoms with Crippen molar-refractivity contribution in [1.82, 2.24) is 9.78 Å². The molecule has 3 rings (SSSR count). The smallest absolute Gasteiger partial charge is 0.387 e. The molecular formula is C15H6F6N2O2. The summed E-state index contributed by atoms with van der Waals surface area (Å²) in [5.74, 6) is -5.77. The molecule has 0 saturated carbocycles. The Morgan fingerprint density at radius 1 is 0.960 bits per heavy atom. The van der Waals surface area contributed by atoms with Crippen LogP contribution in [0.5, 0.6) is 0 Å². The zero-order valence-electron chi connectivity index (χ0n) is 11.9. The van der Waals surface area contributed by atoms with E-state index in [1.807, 2.05) is 0 Å². The first kappa shape index (κ1) is 16.8.